The van der Waals surface area contributed by atoms with Crippen LogP contribution in [0.4, 0.5) is 0 Å². The SMILES string of the molecule is CCCCCCCCCCNCC(Cl)C(=O)OC. The molecular weight excluding hydrogens is 250 g/mol. The zero-order valence-corrected chi connectivity index (χ0v) is 12.6. The van der Waals surface area contributed by atoms with Crippen molar-refractivity contribution in [3.63, 3.8) is 0 Å². The molecule has 1 N–H and O–H groups in total. The molecule has 0 rings (SSSR count). The summed E-state index contributed by atoms with van der Waals surface area (Å²) in [6.45, 7) is 3.66. The minimum absolute atomic E-state index is 0.361. The van der Waals surface area contributed by atoms with Crippen LogP contribution in [-0.2, 0) is 9.53 Å². The lowest BCUT2D eigenvalue weighted by molar-refractivity contribution is -0.140. The van der Waals surface area contributed by atoms with E-state index in [9.17, 15) is 4.79 Å². The van der Waals surface area contributed by atoms with Gasteiger partial charge in [-0.25, -0.2) is 0 Å². The molecule has 0 amide bonds. The first-order valence-electron chi connectivity index (χ1n) is 7.15. The summed E-state index contributed by atoms with van der Waals surface area (Å²) < 4.78 is 4.54. The van der Waals surface area contributed by atoms with Crippen molar-refractivity contribution >= 4 is 17.6 Å². The van der Waals surface area contributed by atoms with Gasteiger partial charge in [-0.2, -0.15) is 0 Å². The van der Waals surface area contributed by atoms with Crippen molar-refractivity contribution in [2.75, 3.05) is 20.2 Å². The van der Waals surface area contributed by atoms with Gasteiger partial charge in [0.15, 0.2) is 0 Å². The minimum Gasteiger partial charge on any atom is -0.468 e. The summed E-state index contributed by atoms with van der Waals surface area (Å²) in [4.78, 5) is 11.0. The van der Waals surface area contributed by atoms with Gasteiger partial charge >= 0.3 is 5.97 Å². The summed E-state index contributed by atoms with van der Waals surface area (Å²) in [5.41, 5.74) is 0. The Balaban J connectivity index is 3.14. The molecule has 0 aromatic rings. The van der Waals surface area contributed by atoms with Crippen LogP contribution in [0, 0.1) is 0 Å². The van der Waals surface area contributed by atoms with E-state index in [1.807, 2.05) is 0 Å². The Morgan fingerprint density at radius 2 is 1.67 bits per heavy atom. The molecule has 0 aliphatic carbocycles. The largest absolute Gasteiger partial charge is 0.468 e. The molecule has 3 nitrogen and oxygen atoms in total. The van der Waals surface area contributed by atoms with Gasteiger partial charge in [-0.05, 0) is 13.0 Å². The lowest BCUT2D eigenvalue weighted by Crippen LogP contribution is -2.30. The van der Waals surface area contributed by atoms with Gasteiger partial charge in [-0.1, -0.05) is 51.9 Å². The number of esters is 1. The van der Waals surface area contributed by atoms with E-state index < -0.39 is 5.38 Å². The topological polar surface area (TPSA) is 38.3 Å². The lowest BCUT2D eigenvalue weighted by Gasteiger charge is -2.08. The molecule has 108 valence electrons. The van der Waals surface area contributed by atoms with E-state index in [0.717, 1.165) is 13.0 Å². The number of halogens is 1. The third-order valence-corrected chi connectivity index (χ3v) is 3.32. The Morgan fingerprint density at radius 1 is 1.11 bits per heavy atom. The molecule has 1 atom stereocenters. The number of alkyl halides is 1. The molecular formula is C14H28ClNO2. The van der Waals surface area contributed by atoms with Crippen LogP contribution < -0.4 is 5.32 Å². The molecule has 0 aliphatic heterocycles. The number of rotatable bonds is 12. The maximum Gasteiger partial charge on any atom is 0.325 e. The fraction of sp³-hybridized carbons (Fsp3) is 0.929. The normalized spacial score (nSPS) is 12.4. The number of unbranched alkanes of at least 4 members (excludes halogenated alkanes) is 7. The fourth-order valence-electron chi connectivity index (χ4n) is 1.82. The Labute approximate surface area is 117 Å². The van der Waals surface area contributed by atoms with Gasteiger partial charge in [0.25, 0.3) is 0 Å². The van der Waals surface area contributed by atoms with E-state index in [0.29, 0.717) is 6.54 Å². The summed E-state index contributed by atoms with van der Waals surface area (Å²) >= 11 is 5.81. The standard InChI is InChI=1S/C14H28ClNO2/c1-3-4-5-6-7-8-9-10-11-16-12-13(15)14(17)18-2/h13,16H,3-12H2,1-2H3. The quantitative estimate of drug-likeness (QED) is 0.337. The summed E-state index contributed by atoms with van der Waals surface area (Å²) in [6, 6.07) is 0. The van der Waals surface area contributed by atoms with Crippen molar-refractivity contribution < 1.29 is 9.53 Å². The molecule has 1 unspecified atom stereocenters. The van der Waals surface area contributed by atoms with E-state index in [1.165, 1.54) is 52.1 Å². The van der Waals surface area contributed by atoms with E-state index in [-0.39, 0.29) is 5.97 Å². The third-order valence-electron chi connectivity index (χ3n) is 2.99. The van der Waals surface area contributed by atoms with E-state index >= 15 is 0 Å². The lowest BCUT2D eigenvalue weighted by atomic mass is 10.1. The van der Waals surface area contributed by atoms with Crippen LogP contribution in [-0.4, -0.2) is 31.5 Å². The number of nitrogens with one attached hydrogen (secondary N) is 1. The maximum absolute atomic E-state index is 11.0. The fourth-order valence-corrected chi connectivity index (χ4v) is 2.02. The summed E-state index contributed by atoms with van der Waals surface area (Å²) in [6.07, 6.45) is 10.5. The molecule has 0 radical (unpaired) electrons. The molecule has 0 spiro atoms. The van der Waals surface area contributed by atoms with Gasteiger partial charge in [0.2, 0.25) is 0 Å². The molecule has 0 aliphatic rings. The number of carbonyl (C=O) groups is 1. The van der Waals surface area contributed by atoms with Crippen LogP contribution in [0.5, 0.6) is 0 Å². The average Bonchev–Trinajstić information content (AvgIpc) is 2.39. The Kier molecular flexibility index (Phi) is 13.0. The monoisotopic (exact) mass is 277 g/mol. The number of methoxy groups -OCH3 is 1. The minimum atomic E-state index is -0.566. The number of ether oxygens (including phenoxy) is 1. The van der Waals surface area contributed by atoms with Crippen molar-refractivity contribution in [1.82, 2.24) is 5.32 Å². The van der Waals surface area contributed by atoms with Crippen LogP contribution in [0.2, 0.25) is 0 Å². The van der Waals surface area contributed by atoms with Crippen molar-refractivity contribution in [3.05, 3.63) is 0 Å². The highest BCUT2D eigenvalue weighted by Gasteiger charge is 2.14. The Hall–Kier alpha value is -0.280. The summed E-state index contributed by atoms with van der Waals surface area (Å²) in [5, 5.41) is 2.61. The molecule has 0 aromatic heterocycles. The second kappa shape index (κ2) is 13.2. The van der Waals surface area contributed by atoms with Gasteiger partial charge in [0.1, 0.15) is 5.38 Å². The van der Waals surface area contributed by atoms with Crippen molar-refractivity contribution in [1.29, 1.82) is 0 Å². The second-order valence-corrected chi connectivity index (χ2v) is 5.20. The van der Waals surface area contributed by atoms with Gasteiger partial charge in [-0.15, -0.1) is 11.6 Å². The first-order chi connectivity index (χ1) is 8.72. The van der Waals surface area contributed by atoms with Gasteiger partial charge in [0.05, 0.1) is 7.11 Å². The predicted molar refractivity (Wildman–Crippen MR) is 77.1 cm³/mol. The van der Waals surface area contributed by atoms with Crippen LogP contribution in [0.25, 0.3) is 0 Å². The molecule has 18 heavy (non-hydrogen) atoms. The summed E-state index contributed by atoms with van der Waals surface area (Å²) in [5.74, 6) is -0.361. The zero-order chi connectivity index (χ0) is 13.6. The highest BCUT2D eigenvalue weighted by atomic mass is 35.5. The van der Waals surface area contributed by atoms with Crippen molar-refractivity contribution in [2.45, 2.75) is 63.7 Å². The van der Waals surface area contributed by atoms with Gasteiger partial charge in [-0.3, -0.25) is 4.79 Å². The number of hydrogen-bond donors (Lipinski definition) is 1. The molecule has 0 aromatic carbocycles. The van der Waals surface area contributed by atoms with E-state index in [2.05, 4.69) is 17.0 Å². The van der Waals surface area contributed by atoms with E-state index in [1.54, 1.807) is 0 Å². The summed E-state index contributed by atoms with van der Waals surface area (Å²) in [7, 11) is 1.36. The molecule has 0 saturated carbocycles. The van der Waals surface area contributed by atoms with Crippen molar-refractivity contribution in [2.24, 2.45) is 0 Å². The molecule has 0 heterocycles. The zero-order valence-electron chi connectivity index (χ0n) is 11.8. The van der Waals surface area contributed by atoms with E-state index in [4.69, 9.17) is 11.6 Å². The smallest absolute Gasteiger partial charge is 0.325 e. The predicted octanol–water partition coefficient (Wildman–Crippen LogP) is 3.50. The van der Waals surface area contributed by atoms with Crippen LogP contribution in [0.1, 0.15) is 58.3 Å². The maximum atomic E-state index is 11.0. The molecule has 0 bridgehead atoms. The average molecular weight is 278 g/mol. The van der Waals surface area contributed by atoms with Crippen LogP contribution in [0.15, 0.2) is 0 Å². The highest BCUT2D eigenvalue weighted by Crippen LogP contribution is 2.07. The molecule has 4 heteroatoms. The third kappa shape index (κ3) is 10.8. The Morgan fingerprint density at radius 3 is 2.22 bits per heavy atom. The van der Waals surface area contributed by atoms with Gasteiger partial charge in [0, 0.05) is 6.54 Å². The van der Waals surface area contributed by atoms with Crippen molar-refractivity contribution in [3.8, 4) is 0 Å². The van der Waals surface area contributed by atoms with Gasteiger partial charge < -0.3 is 10.1 Å². The number of carbonyl (C=O) groups excluding carboxylic acids is 1. The molecule has 0 fully saturated rings. The van der Waals surface area contributed by atoms with Crippen LogP contribution >= 0.6 is 11.6 Å². The first kappa shape index (κ1) is 17.7. The molecule has 0 saturated heterocycles. The first-order valence-corrected chi connectivity index (χ1v) is 7.58. The number of hydrogen-bond acceptors (Lipinski definition) is 3. The second-order valence-electron chi connectivity index (χ2n) is 4.67. The van der Waals surface area contributed by atoms with Crippen LogP contribution in [0.3, 0.4) is 0 Å². The Bertz CT molecular complexity index is 200. The highest BCUT2D eigenvalue weighted by molar-refractivity contribution is 6.30.